The van der Waals surface area contributed by atoms with Crippen LogP contribution in [0.5, 0.6) is 11.5 Å². The van der Waals surface area contributed by atoms with E-state index in [1.807, 2.05) is 12.1 Å². The Labute approximate surface area is 164 Å². The van der Waals surface area contributed by atoms with E-state index in [9.17, 15) is 13.2 Å². The van der Waals surface area contributed by atoms with E-state index in [0.29, 0.717) is 43.4 Å². The molecule has 1 amide bonds. The molecule has 0 bridgehead atoms. The number of carbonyl (C=O) groups excluding carboxylic acids is 1. The van der Waals surface area contributed by atoms with Crippen molar-refractivity contribution in [2.45, 2.75) is 19.4 Å². The molecular weight excluding hydrogens is 382 g/mol. The van der Waals surface area contributed by atoms with Gasteiger partial charge in [-0.25, -0.2) is 8.42 Å². The molecule has 8 nitrogen and oxygen atoms in total. The maximum atomic E-state index is 12.2. The second kappa shape index (κ2) is 8.92. The summed E-state index contributed by atoms with van der Waals surface area (Å²) in [6.45, 7) is 1.50. The molecule has 1 aliphatic heterocycles. The van der Waals surface area contributed by atoms with Crippen LogP contribution in [0, 0.1) is 0 Å². The van der Waals surface area contributed by atoms with Gasteiger partial charge in [-0.1, -0.05) is 0 Å². The van der Waals surface area contributed by atoms with Crippen LogP contribution < -0.4 is 19.1 Å². The zero-order valence-corrected chi connectivity index (χ0v) is 16.4. The van der Waals surface area contributed by atoms with Gasteiger partial charge in [-0.05, 0) is 36.2 Å². The number of nitrogens with one attached hydrogen (secondary N) is 1. The predicted molar refractivity (Wildman–Crippen MR) is 105 cm³/mol. The number of anilines is 1. The Morgan fingerprint density at radius 2 is 1.86 bits per heavy atom. The van der Waals surface area contributed by atoms with Crippen LogP contribution in [0.15, 0.2) is 42.7 Å². The first-order chi connectivity index (χ1) is 13.4. The van der Waals surface area contributed by atoms with Crippen molar-refractivity contribution in [3.05, 3.63) is 48.3 Å². The third kappa shape index (κ3) is 5.35. The van der Waals surface area contributed by atoms with E-state index in [4.69, 9.17) is 9.47 Å². The molecular formula is C19H23N3O5S. The van der Waals surface area contributed by atoms with E-state index in [1.165, 1.54) is 4.31 Å². The molecule has 0 atom stereocenters. The van der Waals surface area contributed by atoms with Crippen LogP contribution in [-0.4, -0.2) is 45.3 Å². The lowest BCUT2D eigenvalue weighted by atomic mass is 10.2. The number of aromatic nitrogens is 1. The molecule has 2 heterocycles. The highest BCUT2D eigenvalue weighted by molar-refractivity contribution is 7.92. The number of ether oxygens (including phenoxy) is 2. The lowest BCUT2D eigenvalue weighted by Gasteiger charge is -2.25. The number of amides is 1. The number of nitrogens with zero attached hydrogens (tertiary/aromatic N) is 2. The molecule has 0 radical (unpaired) electrons. The highest BCUT2D eigenvalue weighted by Gasteiger charge is 2.21. The monoisotopic (exact) mass is 405 g/mol. The van der Waals surface area contributed by atoms with E-state index in [0.717, 1.165) is 11.8 Å². The normalized spacial score (nSPS) is 13.0. The number of pyridine rings is 1. The molecule has 1 aliphatic rings. The van der Waals surface area contributed by atoms with Crippen LogP contribution in [0.1, 0.15) is 18.4 Å². The molecule has 0 aliphatic carbocycles. The summed E-state index contributed by atoms with van der Waals surface area (Å²) >= 11 is 0. The van der Waals surface area contributed by atoms with Crippen molar-refractivity contribution < 1.29 is 22.7 Å². The van der Waals surface area contributed by atoms with Crippen LogP contribution in [0.2, 0.25) is 0 Å². The summed E-state index contributed by atoms with van der Waals surface area (Å²) in [5.41, 5.74) is 1.45. The summed E-state index contributed by atoms with van der Waals surface area (Å²) < 4.78 is 36.7. The van der Waals surface area contributed by atoms with Gasteiger partial charge in [0.1, 0.15) is 13.2 Å². The fourth-order valence-electron chi connectivity index (χ4n) is 2.85. The average Bonchev–Trinajstić information content (AvgIpc) is 2.69. The Hall–Kier alpha value is -2.81. The molecule has 9 heteroatoms. The van der Waals surface area contributed by atoms with Gasteiger partial charge >= 0.3 is 0 Å². The number of rotatable bonds is 8. The van der Waals surface area contributed by atoms with Crippen molar-refractivity contribution in [1.82, 2.24) is 10.3 Å². The zero-order valence-electron chi connectivity index (χ0n) is 15.6. The van der Waals surface area contributed by atoms with E-state index < -0.39 is 10.0 Å². The highest BCUT2D eigenvalue weighted by atomic mass is 32.2. The van der Waals surface area contributed by atoms with E-state index in [-0.39, 0.29) is 18.9 Å². The third-order valence-corrected chi connectivity index (χ3v) is 5.41. The minimum Gasteiger partial charge on any atom is -0.486 e. The average molecular weight is 405 g/mol. The van der Waals surface area contributed by atoms with E-state index >= 15 is 0 Å². The van der Waals surface area contributed by atoms with Crippen molar-refractivity contribution in [3.8, 4) is 11.5 Å². The Morgan fingerprint density at radius 3 is 2.57 bits per heavy atom. The molecule has 28 heavy (non-hydrogen) atoms. The first-order valence-electron chi connectivity index (χ1n) is 8.96. The number of carbonyl (C=O) groups is 1. The maximum absolute atomic E-state index is 12.2. The summed E-state index contributed by atoms with van der Waals surface area (Å²) in [5.74, 6) is 0.985. The number of sulfonamides is 1. The highest BCUT2D eigenvalue weighted by Crippen LogP contribution is 2.34. The lowest BCUT2D eigenvalue weighted by Crippen LogP contribution is -2.32. The number of fused-ring (bicyclic) bond motifs is 1. The first kappa shape index (κ1) is 19.9. The van der Waals surface area contributed by atoms with Gasteiger partial charge < -0.3 is 14.8 Å². The molecule has 2 aromatic rings. The summed E-state index contributed by atoms with van der Waals surface area (Å²) in [5, 5.41) is 2.82. The first-order valence-corrected chi connectivity index (χ1v) is 10.8. The van der Waals surface area contributed by atoms with Crippen LogP contribution >= 0.6 is 0 Å². The summed E-state index contributed by atoms with van der Waals surface area (Å²) in [4.78, 5) is 16.0. The number of benzene rings is 1. The zero-order chi connectivity index (χ0) is 20.0. The molecule has 1 N–H and O–H groups in total. The summed E-state index contributed by atoms with van der Waals surface area (Å²) in [6, 6.07) is 8.68. The molecule has 0 spiro atoms. The van der Waals surface area contributed by atoms with Crippen molar-refractivity contribution in [1.29, 1.82) is 0 Å². The van der Waals surface area contributed by atoms with Crippen molar-refractivity contribution in [2.75, 3.05) is 30.3 Å². The predicted octanol–water partition coefficient (Wildman–Crippen LogP) is 1.72. The SMILES string of the molecule is CS(=O)(=O)N(CCCC(=O)NCc1ccncc1)c1ccc2c(c1)OCCO2. The molecule has 3 rings (SSSR count). The van der Waals surface area contributed by atoms with E-state index in [1.54, 1.807) is 30.6 Å². The Kier molecular flexibility index (Phi) is 6.35. The van der Waals surface area contributed by atoms with E-state index in [2.05, 4.69) is 10.3 Å². The molecule has 0 fully saturated rings. The van der Waals surface area contributed by atoms with Gasteiger partial charge in [0.05, 0.1) is 11.9 Å². The molecule has 0 saturated heterocycles. The van der Waals surface area contributed by atoms with Gasteiger partial charge in [0.2, 0.25) is 15.9 Å². The Balaban J connectivity index is 1.57. The molecule has 1 aromatic carbocycles. The maximum Gasteiger partial charge on any atom is 0.232 e. The summed E-state index contributed by atoms with van der Waals surface area (Å²) in [6.07, 6.45) is 5.09. The third-order valence-electron chi connectivity index (χ3n) is 4.22. The van der Waals surface area contributed by atoms with Gasteiger partial charge in [-0.15, -0.1) is 0 Å². The van der Waals surface area contributed by atoms with Crippen LogP contribution in [0.3, 0.4) is 0 Å². The topological polar surface area (TPSA) is 97.8 Å². The van der Waals surface area contributed by atoms with Crippen molar-refractivity contribution in [2.24, 2.45) is 0 Å². The summed E-state index contributed by atoms with van der Waals surface area (Å²) in [7, 11) is -3.50. The van der Waals surface area contributed by atoms with Gasteiger partial charge in [-0.2, -0.15) is 0 Å². The van der Waals surface area contributed by atoms with Crippen LogP contribution in [0.25, 0.3) is 0 Å². The smallest absolute Gasteiger partial charge is 0.232 e. The van der Waals surface area contributed by atoms with Crippen molar-refractivity contribution >= 4 is 21.6 Å². The second-order valence-corrected chi connectivity index (χ2v) is 8.31. The second-order valence-electron chi connectivity index (χ2n) is 6.40. The van der Waals surface area contributed by atoms with Gasteiger partial charge in [0.25, 0.3) is 0 Å². The van der Waals surface area contributed by atoms with Gasteiger partial charge in [0.15, 0.2) is 11.5 Å². The lowest BCUT2D eigenvalue weighted by molar-refractivity contribution is -0.121. The molecule has 1 aromatic heterocycles. The van der Waals surface area contributed by atoms with Gasteiger partial charge in [0, 0.05) is 38.0 Å². The van der Waals surface area contributed by atoms with Crippen molar-refractivity contribution in [3.63, 3.8) is 0 Å². The molecule has 150 valence electrons. The minimum atomic E-state index is -3.50. The number of hydrogen-bond acceptors (Lipinski definition) is 6. The Morgan fingerprint density at radius 1 is 1.14 bits per heavy atom. The quantitative estimate of drug-likeness (QED) is 0.718. The standard InChI is InChI=1S/C19H23N3O5S/c1-28(24,25)22(16-4-5-17-18(13-16)27-12-11-26-17)10-2-3-19(23)21-14-15-6-8-20-9-7-15/h4-9,13H,2-3,10-12,14H2,1H3,(H,21,23). The molecule has 0 saturated carbocycles. The van der Waals surface area contributed by atoms with Crippen LogP contribution in [0.4, 0.5) is 5.69 Å². The van der Waals surface area contributed by atoms with Crippen LogP contribution in [-0.2, 0) is 21.4 Å². The van der Waals surface area contributed by atoms with Gasteiger partial charge in [-0.3, -0.25) is 14.1 Å². The Bertz CT molecular complexity index is 918. The number of hydrogen-bond donors (Lipinski definition) is 1. The fourth-order valence-corrected chi connectivity index (χ4v) is 3.80. The molecule has 0 unspecified atom stereocenters. The largest absolute Gasteiger partial charge is 0.486 e. The fraction of sp³-hybridized carbons (Fsp3) is 0.368. The minimum absolute atomic E-state index is 0.132.